The highest BCUT2D eigenvalue weighted by Gasteiger charge is 2.19. The first-order valence-corrected chi connectivity index (χ1v) is 5.24. The lowest BCUT2D eigenvalue weighted by Gasteiger charge is -2.15. The Bertz CT molecular complexity index is 348. The van der Waals surface area contributed by atoms with Crippen molar-refractivity contribution in [3.63, 3.8) is 0 Å². The zero-order valence-corrected chi connectivity index (χ0v) is 9.43. The first-order valence-electron chi connectivity index (χ1n) is 5.24. The summed E-state index contributed by atoms with van der Waals surface area (Å²) in [6.45, 7) is 5.69. The summed E-state index contributed by atoms with van der Waals surface area (Å²) in [6, 6.07) is 8.87. The van der Waals surface area contributed by atoms with Gasteiger partial charge in [0, 0.05) is 0 Å². The Morgan fingerprint density at radius 1 is 1.50 bits per heavy atom. The van der Waals surface area contributed by atoms with Crippen LogP contribution in [0.2, 0.25) is 0 Å². The number of carbonyl (C=O) groups is 1. The molecule has 3 nitrogen and oxygen atoms in total. The van der Waals surface area contributed by atoms with Crippen molar-refractivity contribution in [2.45, 2.75) is 19.6 Å². The Labute approximate surface area is 95.9 Å². The van der Waals surface area contributed by atoms with Crippen LogP contribution in [0.25, 0.3) is 0 Å². The molecule has 0 aliphatic carbocycles. The van der Waals surface area contributed by atoms with Crippen LogP contribution in [0.5, 0.6) is 0 Å². The molecule has 0 bridgehead atoms. The fourth-order valence-electron chi connectivity index (χ4n) is 1.19. The number of hydrogen-bond acceptors (Lipinski definition) is 3. The molecule has 0 unspecified atom stereocenters. The van der Waals surface area contributed by atoms with Crippen molar-refractivity contribution in [3.8, 4) is 0 Å². The molecule has 0 heterocycles. The zero-order valence-electron chi connectivity index (χ0n) is 9.43. The third-order valence-electron chi connectivity index (χ3n) is 2.43. The van der Waals surface area contributed by atoms with E-state index in [0.717, 1.165) is 5.56 Å². The molecule has 16 heavy (non-hydrogen) atoms. The Balaban J connectivity index is 2.44. The Kier molecular flexibility index (Phi) is 4.73. The molecular formula is C13H17NO2. The van der Waals surface area contributed by atoms with Crippen molar-refractivity contribution >= 4 is 5.97 Å². The number of esters is 1. The molecule has 86 valence electrons. The highest BCUT2D eigenvalue weighted by Crippen LogP contribution is 2.06. The van der Waals surface area contributed by atoms with Crippen LogP contribution >= 0.6 is 0 Å². The minimum atomic E-state index is -0.638. The average Bonchev–Trinajstić information content (AvgIpc) is 2.35. The van der Waals surface area contributed by atoms with Gasteiger partial charge in [-0.25, -0.2) is 0 Å². The van der Waals surface area contributed by atoms with Crippen molar-refractivity contribution < 1.29 is 9.53 Å². The molecule has 0 fully saturated rings. The molecule has 1 aromatic rings. The first-order chi connectivity index (χ1) is 7.65. The predicted octanol–water partition coefficient (Wildman–Crippen LogP) is 1.88. The Hall–Kier alpha value is -1.61. The van der Waals surface area contributed by atoms with E-state index in [2.05, 4.69) is 6.58 Å². The topological polar surface area (TPSA) is 52.3 Å². The molecular weight excluding hydrogens is 202 g/mol. The number of carbonyl (C=O) groups excluding carboxylic acids is 1. The highest BCUT2D eigenvalue weighted by atomic mass is 16.5. The van der Waals surface area contributed by atoms with Crippen LogP contribution in [0, 0.1) is 5.92 Å². The van der Waals surface area contributed by atoms with E-state index in [-0.39, 0.29) is 12.5 Å². The molecule has 0 aliphatic rings. The van der Waals surface area contributed by atoms with Gasteiger partial charge in [0.15, 0.2) is 0 Å². The van der Waals surface area contributed by atoms with Crippen molar-refractivity contribution in [1.82, 2.24) is 0 Å². The van der Waals surface area contributed by atoms with Crippen LogP contribution in [0.4, 0.5) is 0 Å². The van der Waals surface area contributed by atoms with Gasteiger partial charge in [0.2, 0.25) is 0 Å². The summed E-state index contributed by atoms with van der Waals surface area (Å²) in [5.74, 6) is -0.473. The van der Waals surface area contributed by atoms with E-state index in [1.54, 1.807) is 6.08 Å². The lowest BCUT2D eigenvalue weighted by molar-refractivity contribution is -0.147. The summed E-state index contributed by atoms with van der Waals surface area (Å²) in [4.78, 5) is 11.5. The maximum Gasteiger partial charge on any atom is 0.323 e. The minimum Gasteiger partial charge on any atom is -0.460 e. The summed E-state index contributed by atoms with van der Waals surface area (Å²) in [5.41, 5.74) is 6.64. The van der Waals surface area contributed by atoms with E-state index >= 15 is 0 Å². The zero-order chi connectivity index (χ0) is 12.0. The summed E-state index contributed by atoms with van der Waals surface area (Å²) in [5, 5.41) is 0. The van der Waals surface area contributed by atoms with Gasteiger partial charge < -0.3 is 10.5 Å². The summed E-state index contributed by atoms with van der Waals surface area (Å²) in [6.07, 6.45) is 1.65. The standard InChI is InChI=1S/C13H17NO2/c1-3-10(2)12(14)13(15)16-9-11-7-5-4-6-8-11/h3-8,10,12H,1,9,14H2,2H3/t10-,12-/m1/s1. The molecule has 1 rings (SSSR count). The lowest BCUT2D eigenvalue weighted by Crippen LogP contribution is -2.37. The van der Waals surface area contributed by atoms with Gasteiger partial charge in [-0.3, -0.25) is 4.79 Å². The van der Waals surface area contributed by atoms with Gasteiger partial charge >= 0.3 is 5.97 Å². The monoisotopic (exact) mass is 219 g/mol. The summed E-state index contributed by atoms with van der Waals surface area (Å²) >= 11 is 0. The minimum absolute atomic E-state index is 0.0803. The van der Waals surface area contributed by atoms with Gasteiger partial charge in [0.25, 0.3) is 0 Å². The van der Waals surface area contributed by atoms with Gasteiger partial charge in [0.05, 0.1) is 0 Å². The van der Waals surface area contributed by atoms with E-state index in [1.165, 1.54) is 0 Å². The van der Waals surface area contributed by atoms with E-state index < -0.39 is 12.0 Å². The van der Waals surface area contributed by atoms with Crippen molar-refractivity contribution in [3.05, 3.63) is 48.6 Å². The Morgan fingerprint density at radius 3 is 2.69 bits per heavy atom. The molecule has 0 saturated heterocycles. The molecule has 0 aliphatic heterocycles. The van der Waals surface area contributed by atoms with Crippen molar-refractivity contribution in [1.29, 1.82) is 0 Å². The summed E-state index contributed by atoms with van der Waals surface area (Å²) < 4.78 is 5.10. The number of hydrogen-bond donors (Lipinski definition) is 1. The van der Waals surface area contributed by atoms with Crippen LogP contribution in [-0.2, 0) is 16.1 Å². The molecule has 2 N–H and O–H groups in total. The Morgan fingerprint density at radius 2 is 2.12 bits per heavy atom. The maximum absolute atomic E-state index is 11.5. The summed E-state index contributed by atoms with van der Waals surface area (Å²) in [7, 11) is 0. The van der Waals surface area contributed by atoms with Crippen LogP contribution in [0.15, 0.2) is 43.0 Å². The molecule has 0 spiro atoms. The fraction of sp³-hybridized carbons (Fsp3) is 0.308. The second kappa shape index (κ2) is 6.08. The predicted molar refractivity (Wildman–Crippen MR) is 63.6 cm³/mol. The van der Waals surface area contributed by atoms with Gasteiger partial charge in [-0.15, -0.1) is 6.58 Å². The third kappa shape index (κ3) is 3.51. The van der Waals surface area contributed by atoms with Crippen LogP contribution < -0.4 is 5.73 Å². The van der Waals surface area contributed by atoms with Crippen LogP contribution in [0.1, 0.15) is 12.5 Å². The van der Waals surface area contributed by atoms with Gasteiger partial charge in [-0.2, -0.15) is 0 Å². The van der Waals surface area contributed by atoms with E-state index in [1.807, 2.05) is 37.3 Å². The second-order valence-electron chi connectivity index (χ2n) is 3.71. The SMILES string of the molecule is C=C[C@@H](C)[C@@H](N)C(=O)OCc1ccccc1. The van der Waals surface area contributed by atoms with Crippen LogP contribution in [-0.4, -0.2) is 12.0 Å². The van der Waals surface area contributed by atoms with Crippen molar-refractivity contribution in [2.75, 3.05) is 0 Å². The highest BCUT2D eigenvalue weighted by molar-refractivity contribution is 5.76. The number of ether oxygens (including phenoxy) is 1. The quantitative estimate of drug-likeness (QED) is 0.607. The second-order valence-corrected chi connectivity index (χ2v) is 3.71. The average molecular weight is 219 g/mol. The van der Waals surface area contributed by atoms with Crippen molar-refractivity contribution in [2.24, 2.45) is 11.7 Å². The van der Waals surface area contributed by atoms with Gasteiger partial charge in [-0.05, 0) is 11.5 Å². The van der Waals surface area contributed by atoms with E-state index in [0.29, 0.717) is 0 Å². The molecule has 0 amide bonds. The number of nitrogens with two attached hydrogens (primary N) is 1. The van der Waals surface area contributed by atoms with E-state index in [9.17, 15) is 4.79 Å². The lowest BCUT2D eigenvalue weighted by atomic mass is 10.0. The van der Waals surface area contributed by atoms with E-state index in [4.69, 9.17) is 10.5 Å². The molecule has 1 aromatic carbocycles. The molecule has 0 radical (unpaired) electrons. The van der Waals surface area contributed by atoms with Gasteiger partial charge in [-0.1, -0.05) is 43.3 Å². The fourth-order valence-corrected chi connectivity index (χ4v) is 1.19. The van der Waals surface area contributed by atoms with Crippen LogP contribution in [0.3, 0.4) is 0 Å². The third-order valence-corrected chi connectivity index (χ3v) is 2.43. The first kappa shape index (κ1) is 12.5. The smallest absolute Gasteiger partial charge is 0.323 e. The molecule has 3 heteroatoms. The normalized spacial score (nSPS) is 13.9. The molecule has 0 aromatic heterocycles. The number of benzene rings is 1. The molecule has 2 atom stereocenters. The maximum atomic E-state index is 11.5. The van der Waals surface area contributed by atoms with Gasteiger partial charge in [0.1, 0.15) is 12.6 Å². The molecule has 0 saturated carbocycles. The number of rotatable bonds is 5. The largest absolute Gasteiger partial charge is 0.460 e.